The molecule has 176 valence electrons. The molecule has 0 saturated heterocycles. The Labute approximate surface area is 204 Å². The minimum Gasteiger partial charge on any atom is -0.508 e. The van der Waals surface area contributed by atoms with Crippen LogP contribution >= 0.6 is 11.6 Å². The SMILES string of the molecule is COc1cc(Cl)cc2cc(C(=O)C3=C(O)C(=O)N(Cc4cccnc4)C3c3ccc(O)cc3)oc12. The number of aliphatic hydroxyl groups is 1. The third-order valence-electron chi connectivity index (χ3n) is 5.82. The normalized spacial score (nSPS) is 15.8. The molecular weight excluding hydrogens is 472 g/mol. The molecule has 0 bridgehead atoms. The molecule has 1 aliphatic heterocycles. The first-order valence-electron chi connectivity index (χ1n) is 10.6. The van der Waals surface area contributed by atoms with Crippen LogP contribution in [0.5, 0.6) is 11.5 Å². The number of carbonyl (C=O) groups is 2. The molecule has 0 saturated carbocycles. The summed E-state index contributed by atoms with van der Waals surface area (Å²) in [6, 6.07) is 13.4. The van der Waals surface area contributed by atoms with Gasteiger partial charge in [-0.05, 0) is 41.5 Å². The van der Waals surface area contributed by atoms with Crippen molar-refractivity contribution in [1.82, 2.24) is 9.88 Å². The zero-order valence-electron chi connectivity index (χ0n) is 18.4. The maximum absolute atomic E-state index is 13.7. The van der Waals surface area contributed by atoms with Crippen molar-refractivity contribution < 1.29 is 29.0 Å². The van der Waals surface area contributed by atoms with E-state index < -0.39 is 23.5 Å². The summed E-state index contributed by atoms with van der Waals surface area (Å²) >= 11 is 6.14. The summed E-state index contributed by atoms with van der Waals surface area (Å²) < 4.78 is 11.1. The quantitative estimate of drug-likeness (QED) is 0.367. The second-order valence-electron chi connectivity index (χ2n) is 8.02. The summed E-state index contributed by atoms with van der Waals surface area (Å²) in [4.78, 5) is 32.3. The van der Waals surface area contributed by atoms with Crippen molar-refractivity contribution in [2.45, 2.75) is 12.6 Å². The highest BCUT2D eigenvalue weighted by molar-refractivity contribution is 6.31. The molecule has 1 aliphatic rings. The van der Waals surface area contributed by atoms with Crippen molar-refractivity contribution in [1.29, 1.82) is 0 Å². The predicted octanol–water partition coefficient (Wildman–Crippen LogP) is 4.97. The van der Waals surface area contributed by atoms with Gasteiger partial charge in [-0.25, -0.2) is 0 Å². The third-order valence-corrected chi connectivity index (χ3v) is 6.04. The van der Waals surface area contributed by atoms with Gasteiger partial charge in [-0.1, -0.05) is 29.8 Å². The van der Waals surface area contributed by atoms with Crippen LogP contribution in [-0.2, 0) is 11.3 Å². The number of ketones is 1. The van der Waals surface area contributed by atoms with Crippen LogP contribution in [0.2, 0.25) is 5.02 Å². The lowest BCUT2D eigenvalue weighted by atomic mass is 9.94. The number of fused-ring (bicyclic) bond motifs is 1. The number of benzene rings is 2. The van der Waals surface area contributed by atoms with E-state index in [1.54, 1.807) is 48.8 Å². The number of phenolic OH excluding ortho intramolecular Hbond substituents is 1. The topological polar surface area (TPSA) is 113 Å². The monoisotopic (exact) mass is 490 g/mol. The molecule has 1 amide bonds. The van der Waals surface area contributed by atoms with E-state index in [1.807, 2.05) is 0 Å². The summed E-state index contributed by atoms with van der Waals surface area (Å²) in [5, 5.41) is 21.6. The first-order chi connectivity index (χ1) is 16.9. The average Bonchev–Trinajstić information content (AvgIpc) is 3.39. The van der Waals surface area contributed by atoms with E-state index in [0.29, 0.717) is 32.9 Å². The van der Waals surface area contributed by atoms with Crippen molar-refractivity contribution >= 4 is 34.3 Å². The van der Waals surface area contributed by atoms with E-state index in [9.17, 15) is 19.8 Å². The predicted molar refractivity (Wildman–Crippen MR) is 127 cm³/mol. The molecule has 2 N–H and O–H groups in total. The van der Waals surface area contributed by atoms with Gasteiger partial charge in [0.2, 0.25) is 5.78 Å². The molecule has 0 radical (unpaired) electrons. The van der Waals surface area contributed by atoms with Crippen molar-refractivity contribution in [3.05, 3.63) is 100 Å². The number of hydrogen-bond donors (Lipinski definition) is 2. The van der Waals surface area contributed by atoms with Gasteiger partial charge in [0.15, 0.2) is 22.9 Å². The number of aromatic hydroxyl groups is 1. The van der Waals surface area contributed by atoms with Gasteiger partial charge in [-0.3, -0.25) is 14.6 Å². The highest BCUT2D eigenvalue weighted by Gasteiger charge is 2.44. The highest BCUT2D eigenvalue weighted by atomic mass is 35.5. The smallest absolute Gasteiger partial charge is 0.290 e. The summed E-state index contributed by atoms with van der Waals surface area (Å²) in [5.74, 6) is -1.73. The molecule has 1 unspecified atom stereocenters. The van der Waals surface area contributed by atoms with Crippen molar-refractivity contribution in [2.24, 2.45) is 0 Å². The Morgan fingerprint density at radius 1 is 1.17 bits per heavy atom. The molecule has 35 heavy (non-hydrogen) atoms. The van der Waals surface area contributed by atoms with Crippen LogP contribution in [0.15, 0.2) is 82.7 Å². The van der Waals surface area contributed by atoms with E-state index in [4.69, 9.17) is 20.8 Å². The molecule has 3 heterocycles. The van der Waals surface area contributed by atoms with Crippen LogP contribution in [0, 0.1) is 0 Å². The van der Waals surface area contributed by atoms with Gasteiger partial charge in [0.1, 0.15) is 5.75 Å². The van der Waals surface area contributed by atoms with E-state index in [-0.39, 0.29) is 23.6 Å². The Balaban J connectivity index is 1.61. The number of hydrogen-bond acceptors (Lipinski definition) is 7. The number of amides is 1. The number of phenols is 1. The summed E-state index contributed by atoms with van der Waals surface area (Å²) in [5.41, 5.74) is 1.44. The number of aliphatic hydroxyl groups excluding tert-OH is 1. The summed E-state index contributed by atoms with van der Waals surface area (Å²) in [6.07, 6.45) is 3.22. The van der Waals surface area contributed by atoms with Crippen LogP contribution in [0.25, 0.3) is 11.0 Å². The van der Waals surface area contributed by atoms with Gasteiger partial charge < -0.3 is 24.3 Å². The van der Waals surface area contributed by atoms with E-state index >= 15 is 0 Å². The number of aromatic nitrogens is 1. The molecule has 4 aromatic rings. The van der Waals surface area contributed by atoms with Crippen LogP contribution in [0.3, 0.4) is 0 Å². The van der Waals surface area contributed by atoms with Gasteiger partial charge in [0.05, 0.1) is 18.7 Å². The van der Waals surface area contributed by atoms with Crippen LogP contribution in [-0.4, -0.2) is 38.9 Å². The number of Topliss-reactive ketones (excluding diaryl/α,β-unsaturated/α-hetero) is 1. The fourth-order valence-electron chi connectivity index (χ4n) is 4.22. The minimum absolute atomic E-state index is 0.0271. The highest BCUT2D eigenvalue weighted by Crippen LogP contribution is 2.41. The van der Waals surface area contributed by atoms with Gasteiger partial charge in [0, 0.05) is 35.4 Å². The first kappa shape index (κ1) is 22.5. The largest absolute Gasteiger partial charge is 0.508 e. The molecule has 2 aromatic heterocycles. The Morgan fingerprint density at radius 2 is 1.94 bits per heavy atom. The molecule has 1 atom stereocenters. The van der Waals surface area contributed by atoms with Crippen LogP contribution in [0.4, 0.5) is 0 Å². The number of furan rings is 1. The second-order valence-corrected chi connectivity index (χ2v) is 8.45. The van der Waals surface area contributed by atoms with Gasteiger partial charge in [-0.2, -0.15) is 0 Å². The van der Waals surface area contributed by atoms with Crippen LogP contribution in [0.1, 0.15) is 27.7 Å². The number of methoxy groups -OCH3 is 1. The van der Waals surface area contributed by atoms with E-state index in [1.165, 1.54) is 30.2 Å². The molecule has 0 spiro atoms. The minimum atomic E-state index is -0.922. The number of rotatable bonds is 6. The molecule has 5 rings (SSSR count). The van der Waals surface area contributed by atoms with Crippen molar-refractivity contribution in [3.63, 3.8) is 0 Å². The molecule has 2 aromatic carbocycles. The fourth-order valence-corrected chi connectivity index (χ4v) is 4.44. The molecular formula is C26H19ClN2O6. The number of pyridine rings is 1. The summed E-state index contributed by atoms with van der Waals surface area (Å²) in [6.45, 7) is 0.0998. The zero-order valence-corrected chi connectivity index (χ0v) is 19.2. The lowest BCUT2D eigenvalue weighted by Crippen LogP contribution is -2.30. The molecule has 0 aliphatic carbocycles. The summed E-state index contributed by atoms with van der Waals surface area (Å²) in [7, 11) is 1.45. The van der Waals surface area contributed by atoms with Gasteiger partial charge in [-0.15, -0.1) is 0 Å². The number of nitrogens with zero attached hydrogens (tertiary/aromatic N) is 2. The Bertz CT molecular complexity index is 1480. The fraction of sp³-hybridized carbons (Fsp3) is 0.115. The number of halogens is 1. The van der Waals surface area contributed by atoms with Gasteiger partial charge >= 0.3 is 0 Å². The average molecular weight is 491 g/mol. The molecule has 8 nitrogen and oxygen atoms in total. The Morgan fingerprint density at radius 3 is 2.63 bits per heavy atom. The number of carbonyl (C=O) groups excluding carboxylic acids is 2. The third kappa shape index (κ3) is 3.98. The Hall–Kier alpha value is -4.30. The Kier molecular flexibility index (Phi) is 5.66. The van der Waals surface area contributed by atoms with Crippen molar-refractivity contribution in [3.8, 4) is 11.5 Å². The van der Waals surface area contributed by atoms with Gasteiger partial charge in [0.25, 0.3) is 5.91 Å². The van der Waals surface area contributed by atoms with Crippen LogP contribution < -0.4 is 4.74 Å². The zero-order chi connectivity index (χ0) is 24.7. The van der Waals surface area contributed by atoms with E-state index in [2.05, 4.69) is 4.98 Å². The molecule has 9 heteroatoms. The maximum Gasteiger partial charge on any atom is 0.290 e. The lowest BCUT2D eigenvalue weighted by Gasteiger charge is -2.26. The lowest BCUT2D eigenvalue weighted by molar-refractivity contribution is -0.130. The standard InChI is InChI=1S/C26H19ClN2O6/c1-34-20-11-17(27)9-16-10-19(35-25(16)20)23(31)21-22(15-4-6-18(30)7-5-15)29(26(33)24(21)32)13-14-3-2-8-28-12-14/h2-12,22,30,32H,13H2,1H3. The van der Waals surface area contributed by atoms with Crippen molar-refractivity contribution in [2.75, 3.05) is 7.11 Å². The second kappa shape index (κ2) is 8.81. The van der Waals surface area contributed by atoms with E-state index in [0.717, 1.165) is 0 Å². The maximum atomic E-state index is 13.7. The molecule has 0 fully saturated rings. The number of ether oxygens (including phenoxy) is 1. The first-order valence-corrected chi connectivity index (χ1v) is 11.0.